The van der Waals surface area contributed by atoms with Crippen molar-refractivity contribution in [2.24, 2.45) is 0 Å². The highest BCUT2D eigenvalue weighted by Crippen LogP contribution is 2.19. The lowest BCUT2D eigenvalue weighted by Crippen LogP contribution is -2.38. The second-order valence-corrected chi connectivity index (χ2v) is 4.70. The Morgan fingerprint density at radius 2 is 2.05 bits per heavy atom. The summed E-state index contributed by atoms with van der Waals surface area (Å²) >= 11 is 3.02. The monoisotopic (exact) mass is 334 g/mol. The summed E-state index contributed by atoms with van der Waals surface area (Å²) in [5, 5.41) is 20.2. The van der Waals surface area contributed by atoms with E-state index in [0.29, 0.717) is 23.1 Å². The Labute approximate surface area is 119 Å². The largest absolute Gasteiger partial charge is 0.396 e. The number of carbonyl (C=O) groups is 1. The quantitative estimate of drug-likeness (QED) is 0.742. The maximum Gasteiger partial charge on any atom is 0.321 e. The van der Waals surface area contributed by atoms with Crippen molar-refractivity contribution in [3.8, 4) is 0 Å². The summed E-state index contributed by atoms with van der Waals surface area (Å²) in [5.74, 6) is -0.470. The van der Waals surface area contributed by atoms with Crippen LogP contribution >= 0.6 is 15.9 Å². The molecule has 3 N–H and O–H groups in total. The van der Waals surface area contributed by atoms with Crippen LogP contribution in [0.15, 0.2) is 22.7 Å². The number of hydrogen-bond acceptors (Lipinski definition) is 3. The number of rotatable bonds is 6. The van der Waals surface area contributed by atoms with Gasteiger partial charge in [-0.15, -0.1) is 0 Å². The normalized spacial score (nSPS) is 10.3. The highest BCUT2D eigenvalue weighted by atomic mass is 79.9. The van der Waals surface area contributed by atoms with E-state index in [1.165, 1.54) is 17.0 Å². The van der Waals surface area contributed by atoms with Crippen LogP contribution in [0.2, 0.25) is 0 Å². The molecule has 0 atom stereocenters. The summed E-state index contributed by atoms with van der Waals surface area (Å²) in [6.07, 6.45) is 0.419. The van der Waals surface area contributed by atoms with Crippen LogP contribution < -0.4 is 5.32 Å². The summed E-state index contributed by atoms with van der Waals surface area (Å²) in [4.78, 5) is 13.2. The van der Waals surface area contributed by atoms with Crippen LogP contribution in [0, 0.1) is 5.82 Å². The number of hydrogen-bond donors (Lipinski definition) is 3. The van der Waals surface area contributed by atoms with E-state index >= 15 is 0 Å². The molecule has 1 aromatic rings. The molecule has 0 aromatic heterocycles. The van der Waals surface area contributed by atoms with Gasteiger partial charge in [0.15, 0.2) is 0 Å². The van der Waals surface area contributed by atoms with Crippen molar-refractivity contribution in [3.05, 3.63) is 28.5 Å². The molecule has 1 rings (SSSR count). The van der Waals surface area contributed by atoms with E-state index in [2.05, 4.69) is 21.2 Å². The van der Waals surface area contributed by atoms with E-state index in [0.717, 1.165) is 0 Å². The summed E-state index contributed by atoms with van der Waals surface area (Å²) in [6, 6.07) is 3.82. The Morgan fingerprint density at radius 3 is 2.63 bits per heavy atom. The Bertz CT molecular complexity index is 431. The van der Waals surface area contributed by atoms with Crippen LogP contribution in [0.1, 0.15) is 6.42 Å². The zero-order chi connectivity index (χ0) is 14.3. The van der Waals surface area contributed by atoms with Crippen molar-refractivity contribution in [1.82, 2.24) is 4.90 Å². The van der Waals surface area contributed by atoms with Crippen molar-refractivity contribution >= 4 is 27.6 Å². The van der Waals surface area contributed by atoms with Crippen molar-refractivity contribution in [2.75, 3.05) is 31.6 Å². The maximum absolute atomic E-state index is 13.3. The number of nitrogens with zero attached hydrogens (tertiary/aromatic N) is 1. The minimum atomic E-state index is -0.470. The molecule has 5 nitrogen and oxygen atoms in total. The predicted molar refractivity (Wildman–Crippen MR) is 73.5 cm³/mol. The first-order chi connectivity index (χ1) is 9.08. The van der Waals surface area contributed by atoms with E-state index in [-0.39, 0.29) is 19.8 Å². The van der Waals surface area contributed by atoms with Crippen LogP contribution in [0.5, 0.6) is 0 Å². The third kappa shape index (κ3) is 5.14. The first kappa shape index (κ1) is 15.9. The minimum absolute atomic E-state index is 0.0396. The Balaban J connectivity index is 2.66. The van der Waals surface area contributed by atoms with Crippen molar-refractivity contribution < 1.29 is 19.4 Å². The second-order valence-electron chi connectivity index (χ2n) is 3.85. The van der Waals surface area contributed by atoms with Gasteiger partial charge >= 0.3 is 6.03 Å². The van der Waals surface area contributed by atoms with E-state index in [1.807, 2.05) is 0 Å². The van der Waals surface area contributed by atoms with Crippen LogP contribution in [0.25, 0.3) is 0 Å². The molecule has 0 fully saturated rings. The summed E-state index contributed by atoms with van der Waals surface area (Å²) in [7, 11) is 0. The van der Waals surface area contributed by atoms with Gasteiger partial charge in [0.2, 0.25) is 0 Å². The molecule has 1 aromatic carbocycles. The molecule has 0 aliphatic carbocycles. The molecule has 0 saturated heterocycles. The lowest BCUT2D eigenvalue weighted by molar-refractivity contribution is 0.180. The van der Waals surface area contributed by atoms with Gasteiger partial charge < -0.3 is 20.4 Å². The van der Waals surface area contributed by atoms with E-state index in [9.17, 15) is 9.18 Å². The zero-order valence-corrected chi connectivity index (χ0v) is 11.9. The molecule has 0 spiro atoms. The number of halogens is 2. The van der Waals surface area contributed by atoms with Gasteiger partial charge in [0.25, 0.3) is 0 Å². The fourth-order valence-electron chi connectivity index (χ4n) is 1.47. The Morgan fingerprint density at radius 1 is 1.32 bits per heavy atom. The zero-order valence-electron chi connectivity index (χ0n) is 10.3. The van der Waals surface area contributed by atoms with E-state index in [1.54, 1.807) is 6.07 Å². The van der Waals surface area contributed by atoms with E-state index < -0.39 is 11.8 Å². The van der Waals surface area contributed by atoms with Crippen LogP contribution in [0.4, 0.5) is 14.9 Å². The van der Waals surface area contributed by atoms with Gasteiger partial charge in [-0.3, -0.25) is 0 Å². The fraction of sp³-hybridized carbons (Fsp3) is 0.417. The van der Waals surface area contributed by atoms with Crippen molar-refractivity contribution in [1.29, 1.82) is 0 Å². The number of nitrogens with one attached hydrogen (secondary N) is 1. The fourth-order valence-corrected chi connectivity index (χ4v) is 1.72. The van der Waals surface area contributed by atoms with E-state index in [4.69, 9.17) is 10.2 Å². The lowest BCUT2D eigenvalue weighted by Gasteiger charge is -2.21. The topological polar surface area (TPSA) is 72.8 Å². The number of anilines is 1. The lowest BCUT2D eigenvalue weighted by atomic mass is 10.3. The Hall–Kier alpha value is -1.18. The minimum Gasteiger partial charge on any atom is -0.396 e. The average Bonchev–Trinajstić information content (AvgIpc) is 2.38. The standard InChI is InChI=1S/C12H16BrFN2O3/c13-10-3-2-9(8-11(10)14)15-12(19)16(5-7-18)4-1-6-17/h2-3,8,17-18H,1,4-7H2,(H,15,19). The third-order valence-corrected chi connectivity index (χ3v) is 3.06. The molecule has 0 unspecified atom stereocenters. The van der Waals surface area contributed by atoms with Gasteiger partial charge in [0.05, 0.1) is 11.1 Å². The summed E-state index contributed by atoms with van der Waals surface area (Å²) < 4.78 is 13.6. The van der Waals surface area contributed by atoms with Crippen molar-refractivity contribution in [3.63, 3.8) is 0 Å². The molecule has 0 saturated carbocycles. The molecule has 0 radical (unpaired) electrons. The maximum atomic E-state index is 13.3. The van der Waals surface area contributed by atoms with Gasteiger partial charge in [-0.25, -0.2) is 9.18 Å². The van der Waals surface area contributed by atoms with Crippen LogP contribution in [-0.4, -0.2) is 47.4 Å². The number of aliphatic hydroxyl groups is 2. The molecule has 0 heterocycles. The molecule has 2 amide bonds. The number of aliphatic hydroxyl groups excluding tert-OH is 2. The predicted octanol–water partition coefficient (Wildman–Crippen LogP) is 1.80. The molecule has 0 aliphatic rings. The summed E-state index contributed by atoms with van der Waals surface area (Å²) in [5.41, 5.74) is 0.331. The average molecular weight is 335 g/mol. The van der Waals surface area contributed by atoms with Gasteiger partial charge in [0, 0.05) is 25.4 Å². The molecule has 0 bridgehead atoms. The van der Waals surface area contributed by atoms with Crippen molar-refractivity contribution in [2.45, 2.75) is 6.42 Å². The molecular weight excluding hydrogens is 319 g/mol. The molecule has 106 valence electrons. The van der Waals surface area contributed by atoms with Gasteiger partial charge in [-0.1, -0.05) is 0 Å². The first-order valence-corrected chi connectivity index (χ1v) is 6.60. The SMILES string of the molecule is O=C(Nc1ccc(Br)c(F)c1)N(CCO)CCCO. The molecule has 7 heteroatoms. The van der Waals surface area contributed by atoms with Gasteiger partial charge in [0.1, 0.15) is 5.82 Å². The van der Waals surface area contributed by atoms with Gasteiger partial charge in [-0.05, 0) is 40.5 Å². The highest BCUT2D eigenvalue weighted by molar-refractivity contribution is 9.10. The molecular formula is C12H16BrFN2O3. The second kappa shape index (κ2) is 8.08. The Kier molecular flexibility index (Phi) is 6.75. The van der Waals surface area contributed by atoms with Crippen LogP contribution in [0.3, 0.4) is 0 Å². The number of carbonyl (C=O) groups excluding carboxylic acids is 1. The summed E-state index contributed by atoms with van der Waals surface area (Å²) in [6.45, 7) is 0.266. The van der Waals surface area contributed by atoms with Gasteiger partial charge in [-0.2, -0.15) is 0 Å². The third-order valence-electron chi connectivity index (χ3n) is 2.41. The number of urea groups is 1. The number of amides is 2. The first-order valence-electron chi connectivity index (χ1n) is 5.81. The molecule has 19 heavy (non-hydrogen) atoms. The number of benzene rings is 1. The smallest absolute Gasteiger partial charge is 0.321 e. The highest BCUT2D eigenvalue weighted by Gasteiger charge is 2.13. The van der Waals surface area contributed by atoms with Crippen LogP contribution in [-0.2, 0) is 0 Å². The molecule has 0 aliphatic heterocycles.